The first-order valence-corrected chi connectivity index (χ1v) is 11.3. The van der Waals surface area contributed by atoms with Crippen molar-refractivity contribution in [2.75, 3.05) is 43.2 Å². The molecule has 0 fully saturated rings. The number of ether oxygens (including phenoxy) is 1. The number of hydrogen-bond acceptors (Lipinski definition) is 9. The molecule has 1 aliphatic rings. The minimum Gasteiger partial charge on any atom is -0.385 e. The van der Waals surface area contributed by atoms with Crippen molar-refractivity contribution in [1.82, 2.24) is 24.4 Å². The molecule has 6 N–H and O–H groups in total. The molecule has 0 unspecified atom stereocenters. The molecule has 1 aromatic carbocycles. The number of hydrogen-bond donors (Lipinski definition) is 4. The smallest absolute Gasteiger partial charge is 0.330 e. The van der Waals surface area contributed by atoms with Crippen molar-refractivity contribution in [3.63, 3.8) is 0 Å². The molecule has 36 heavy (non-hydrogen) atoms. The Balaban J connectivity index is 1.64. The van der Waals surface area contributed by atoms with Crippen LogP contribution in [-0.4, -0.2) is 57.1 Å². The first-order valence-electron chi connectivity index (χ1n) is 11.3. The number of fused-ring (bicyclic) bond motifs is 1. The lowest BCUT2D eigenvalue weighted by Crippen LogP contribution is -2.45. The van der Waals surface area contributed by atoms with Crippen LogP contribution in [0.15, 0.2) is 44.7 Å². The lowest BCUT2D eigenvalue weighted by atomic mass is 10.2. The number of amides is 1. The van der Waals surface area contributed by atoms with Crippen LogP contribution in [0.5, 0.6) is 0 Å². The number of carbonyl (C=O) groups excluding carboxylic acids is 1. The molecule has 0 aliphatic carbocycles. The topological polar surface area (TPSA) is 185 Å². The van der Waals surface area contributed by atoms with Crippen LogP contribution in [0.4, 0.5) is 17.5 Å². The maximum Gasteiger partial charge on any atom is 0.330 e. The van der Waals surface area contributed by atoms with E-state index in [9.17, 15) is 19.2 Å². The molecular formula is C23H28N8O5. The van der Waals surface area contributed by atoms with E-state index in [1.54, 1.807) is 4.90 Å². The second-order valence-electron chi connectivity index (χ2n) is 8.48. The molecule has 13 nitrogen and oxygen atoms in total. The first-order chi connectivity index (χ1) is 17.3. The highest BCUT2D eigenvalue weighted by Crippen LogP contribution is 2.21. The van der Waals surface area contributed by atoms with E-state index in [4.69, 9.17) is 16.2 Å². The van der Waals surface area contributed by atoms with Gasteiger partial charge in [-0.2, -0.15) is 0 Å². The largest absolute Gasteiger partial charge is 0.385 e. The van der Waals surface area contributed by atoms with E-state index in [0.29, 0.717) is 24.3 Å². The number of nitrogens with two attached hydrogens (primary N) is 2. The van der Waals surface area contributed by atoms with Crippen LogP contribution < -0.4 is 33.2 Å². The number of benzene rings is 1. The third-order valence-corrected chi connectivity index (χ3v) is 5.93. The van der Waals surface area contributed by atoms with Crippen LogP contribution in [0.1, 0.15) is 23.2 Å². The third kappa shape index (κ3) is 5.21. The summed E-state index contributed by atoms with van der Waals surface area (Å²) in [5, 5.41) is 0. The summed E-state index contributed by atoms with van der Waals surface area (Å²) in [6.45, 7) is 0.941. The maximum absolute atomic E-state index is 13.5. The molecule has 2 aromatic heterocycles. The van der Waals surface area contributed by atoms with E-state index in [2.05, 4.69) is 15.0 Å². The van der Waals surface area contributed by atoms with Gasteiger partial charge in [-0.05, 0) is 12.0 Å². The number of H-pyrrole nitrogens is 2. The summed E-state index contributed by atoms with van der Waals surface area (Å²) in [7, 11) is 1.53. The molecule has 1 amide bonds. The molecule has 1 aliphatic heterocycles. The number of nitrogens with zero attached hydrogens (tertiary/aromatic N) is 4. The van der Waals surface area contributed by atoms with Crippen molar-refractivity contribution >= 4 is 23.4 Å². The van der Waals surface area contributed by atoms with Gasteiger partial charge in [0.2, 0.25) is 11.9 Å². The van der Waals surface area contributed by atoms with Gasteiger partial charge in [-0.15, -0.1) is 0 Å². The summed E-state index contributed by atoms with van der Waals surface area (Å²) in [4.78, 5) is 63.0. The second kappa shape index (κ2) is 10.6. The lowest BCUT2D eigenvalue weighted by molar-refractivity contribution is -0.119. The van der Waals surface area contributed by atoms with E-state index in [1.165, 1.54) is 16.6 Å². The highest BCUT2D eigenvalue weighted by atomic mass is 16.5. The van der Waals surface area contributed by atoms with Crippen LogP contribution in [0.3, 0.4) is 0 Å². The molecular weight excluding hydrogens is 468 g/mol. The van der Waals surface area contributed by atoms with E-state index < -0.39 is 17.2 Å². The zero-order valence-corrected chi connectivity index (χ0v) is 19.8. The Morgan fingerprint density at radius 2 is 1.86 bits per heavy atom. The molecule has 190 valence electrons. The standard InChI is InChI=1S/C23H28N8O5/c1-36-9-5-8-30(17(32)13-29-11-15-16(12-29)26-22(25)27-20(15)33)18-19(24)31(23(35)28-21(18)34)10-14-6-3-2-4-7-14/h2-4,6-7H,5,8-13,24H2,1H3,(H,28,34,35)(H3,25,26,27,33). The number of rotatable bonds is 9. The molecule has 0 saturated heterocycles. The molecule has 13 heteroatoms. The van der Waals surface area contributed by atoms with Gasteiger partial charge in [0.05, 0.1) is 24.3 Å². The Kier molecular flexibility index (Phi) is 7.31. The van der Waals surface area contributed by atoms with Crippen LogP contribution in [-0.2, 0) is 29.2 Å². The first kappa shape index (κ1) is 24.9. The van der Waals surface area contributed by atoms with E-state index in [-0.39, 0.29) is 55.7 Å². The van der Waals surface area contributed by atoms with Gasteiger partial charge in [0, 0.05) is 33.4 Å². The van der Waals surface area contributed by atoms with E-state index in [0.717, 1.165) is 5.56 Å². The van der Waals surface area contributed by atoms with Crippen LogP contribution in [0.25, 0.3) is 0 Å². The van der Waals surface area contributed by atoms with Gasteiger partial charge < -0.3 is 21.1 Å². The average molecular weight is 497 g/mol. The van der Waals surface area contributed by atoms with Crippen LogP contribution in [0, 0.1) is 0 Å². The van der Waals surface area contributed by atoms with Crippen molar-refractivity contribution < 1.29 is 9.53 Å². The molecule has 3 aromatic rings. The zero-order valence-electron chi connectivity index (χ0n) is 19.8. The predicted molar refractivity (Wildman–Crippen MR) is 134 cm³/mol. The zero-order chi connectivity index (χ0) is 25.8. The summed E-state index contributed by atoms with van der Waals surface area (Å²) >= 11 is 0. The van der Waals surface area contributed by atoms with Crippen molar-refractivity contribution in [2.24, 2.45) is 0 Å². The van der Waals surface area contributed by atoms with Gasteiger partial charge in [-0.3, -0.25) is 33.8 Å². The van der Waals surface area contributed by atoms with Crippen molar-refractivity contribution in [1.29, 1.82) is 0 Å². The monoisotopic (exact) mass is 496 g/mol. The summed E-state index contributed by atoms with van der Waals surface area (Å²) in [6, 6.07) is 9.15. The Labute approximate surface area is 205 Å². The molecule has 0 atom stereocenters. The number of aromatic amines is 2. The number of methoxy groups -OCH3 is 1. The summed E-state index contributed by atoms with van der Waals surface area (Å²) in [5.41, 5.74) is 11.8. The van der Waals surface area contributed by atoms with Crippen molar-refractivity contribution in [2.45, 2.75) is 26.1 Å². The normalized spacial score (nSPS) is 13.0. The number of anilines is 3. The molecule has 4 rings (SSSR count). The molecule has 0 radical (unpaired) electrons. The molecule has 3 heterocycles. The number of nitrogen functional groups attached to an aromatic ring is 2. The predicted octanol–water partition coefficient (Wildman–Crippen LogP) is -0.782. The van der Waals surface area contributed by atoms with Gasteiger partial charge >= 0.3 is 5.69 Å². The second-order valence-corrected chi connectivity index (χ2v) is 8.48. The van der Waals surface area contributed by atoms with Crippen LogP contribution in [0.2, 0.25) is 0 Å². The van der Waals surface area contributed by atoms with Gasteiger partial charge in [0.1, 0.15) is 5.82 Å². The third-order valence-electron chi connectivity index (χ3n) is 5.93. The minimum absolute atomic E-state index is 0.00750. The Morgan fingerprint density at radius 1 is 1.11 bits per heavy atom. The number of aromatic nitrogens is 4. The fourth-order valence-corrected chi connectivity index (χ4v) is 4.23. The van der Waals surface area contributed by atoms with Crippen molar-refractivity contribution in [3.05, 3.63) is 78.3 Å². The highest BCUT2D eigenvalue weighted by Gasteiger charge is 2.29. The Bertz CT molecular complexity index is 1430. The highest BCUT2D eigenvalue weighted by molar-refractivity contribution is 5.96. The van der Waals surface area contributed by atoms with Crippen molar-refractivity contribution in [3.8, 4) is 0 Å². The fourth-order valence-electron chi connectivity index (χ4n) is 4.23. The molecule has 0 spiro atoms. The fraction of sp³-hybridized carbons (Fsp3) is 0.348. The van der Waals surface area contributed by atoms with E-state index in [1.807, 2.05) is 30.3 Å². The van der Waals surface area contributed by atoms with Crippen LogP contribution >= 0.6 is 0 Å². The lowest BCUT2D eigenvalue weighted by Gasteiger charge is -2.26. The SMILES string of the molecule is COCCCN(C(=O)CN1Cc2nc(N)[nH]c(=O)c2C1)c1c(N)n(Cc2ccccc2)c(=O)[nH]c1=O. The maximum atomic E-state index is 13.5. The Morgan fingerprint density at radius 3 is 2.58 bits per heavy atom. The summed E-state index contributed by atoms with van der Waals surface area (Å²) < 4.78 is 6.33. The van der Waals surface area contributed by atoms with Gasteiger partial charge in [-0.25, -0.2) is 9.78 Å². The summed E-state index contributed by atoms with van der Waals surface area (Å²) in [5.74, 6) is -0.535. The van der Waals surface area contributed by atoms with E-state index >= 15 is 0 Å². The van der Waals surface area contributed by atoms with Gasteiger partial charge in [0.25, 0.3) is 11.1 Å². The number of carbonyl (C=O) groups is 1. The summed E-state index contributed by atoms with van der Waals surface area (Å²) in [6.07, 6.45) is 0.427. The average Bonchev–Trinajstić information content (AvgIpc) is 3.24. The minimum atomic E-state index is -0.761. The van der Waals surface area contributed by atoms with Gasteiger partial charge in [0.15, 0.2) is 5.69 Å². The number of nitrogens with one attached hydrogen (secondary N) is 2. The quantitative estimate of drug-likeness (QED) is 0.276. The van der Waals surface area contributed by atoms with Gasteiger partial charge in [-0.1, -0.05) is 30.3 Å². The molecule has 0 saturated carbocycles. The Hall–Kier alpha value is -4.23. The molecule has 0 bridgehead atoms.